The number of rotatable bonds is 4. The van der Waals surface area contributed by atoms with Crippen molar-refractivity contribution in [1.82, 2.24) is 4.90 Å². The summed E-state index contributed by atoms with van der Waals surface area (Å²) in [5.74, 6) is -0.0751. The lowest BCUT2D eigenvalue weighted by molar-refractivity contribution is -0.147. The molecule has 4 heteroatoms. The average molecular weight is 275 g/mol. The van der Waals surface area contributed by atoms with Gasteiger partial charge in [0.25, 0.3) is 0 Å². The molecule has 0 aromatic heterocycles. The molecule has 0 saturated carbocycles. The summed E-state index contributed by atoms with van der Waals surface area (Å²) in [6, 6.07) is 10.5. The van der Waals surface area contributed by atoms with Crippen LogP contribution in [0.1, 0.15) is 31.2 Å². The van der Waals surface area contributed by atoms with Gasteiger partial charge in [-0.1, -0.05) is 30.3 Å². The molecule has 2 heterocycles. The molecule has 3 rings (SSSR count). The third-order valence-corrected chi connectivity index (χ3v) is 4.67. The molecule has 0 aliphatic carbocycles. The van der Waals surface area contributed by atoms with Crippen molar-refractivity contribution in [1.29, 1.82) is 0 Å². The molecule has 1 N–H and O–H groups in total. The van der Waals surface area contributed by atoms with Gasteiger partial charge in [0.2, 0.25) is 0 Å². The Kier molecular flexibility index (Phi) is 3.76. The van der Waals surface area contributed by atoms with Gasteiger partial charge in [0, 0.05) is 25.6 Å². The SMILES string of the molecule is O=C1OCC[C@]12CCC(CCO)N2Cc1ccccc1. The van der Waals surface area contributed by atoms with E-state index in [9.17, 15) is 9.90 Å². The van der Waals surface area contributed by atoms with Crippen LogP contribution < -0.4 is 0 Å². The molecule has 4 nitrogen and oxygen atoms in total. The molecule has 2 fully saturated rings. The van der Waals surface area contributed by atoms with Crippen LogP contribution >= 0.6 is 0 Å². The summed E-state index contributed by atoms with van der Waals surface area (Å²) in [5.41, 5.74) is 0.756. The second-order valence-electron chi connectivity index (χ2n) is 5.74. The van der Waals surface area contributed by atoms with Crippen molar-refractivity contribution in [3.05, 3.63) is 35.9 Å². The molecule has 1 aromatic rings. The third kappa shape index (κ3) is 2.23. The molecule has 20 heavy (non-hydrogen) atoms. The zero-order chi connectivity index (χ0) is 14.0. The summed E-state index contributed by atoms with van der Waals surface area (Å²) in [5, 5.41) is 9.26. The number of aliphatic hydroxyl groups is 1. The standard InChI is InChI=1S/C16H21NO3/c18-10-7-14-6-8-16(9-11-20-15(16)19)17(14)12-13-4-2-1-3-5-13/h1-5,14,18H,6-12H2/t14?,16-/m1/s1. The fraction of sp³-hybridized carbons (Fsp3) is 0.562. The Morgan fingerprint density at radius 3 is 2.75 bits per heavy atom. The summed E-state index contributed by atoms with van der Waals surface area (Å²) < 4.78 is 5.24. The second kappa shape index (κ2) is 5.54. The normalized spacial score (nSPS) is 30.1. The first-order valence-corrected chi connectivity index (χ1v) is 7.35. The lowest BCUT2D eigenvalue weighted by Crippen LogP contribution is -2.50. The highest BCUT2D eigenvalue weighted by Gasteiger charge is 2.54. The van der Waals surface area contributed by atoms with E-state index >= 15 is 0 Å². The number of cyclic esters (lactones) is 1. The first kappa shape index (κ1) is 13.6. The van der Waals surface area contributed by atoms with Gasteiger partial charge in [-0.05, 0) is 24.8 Å². The van der Waals surface area contributed by atoms with Crippen molar-refractivity contribution < 1.29 is 14.6 Å². The monoisotopic (exact) mass is 275 g/mol. The van der Waals surface area contributed by atoms with E-state index in [1.807, 2.05) is 18.2 Å². The molecule has 0 radical (unpaired) electrons. The van der Waals surface area contributed by atoms with Crippen molar-refractivity contribution >= 4 is 5.97 Å². The first-order valence-electron chi connectivity index (χ1n) is 7.35. The van der Waals surface area contributed by atoms with Crippen LogP contribution in [0.4, 0.5) is 0 Å². The summed E-state index contributed by atoms with van der Waals surface area (Å²) in [7, 11) is 0. The Morgan fingerprint density at radius 2 is 2.10 bits per heavy atom. The number of benzene rings is 1. The highest BCUT2D eigenvalue weighted by atomic mass is 16.5. The number of aliphatic hydroxyl groups excluding tert-OH is 1. The highest BCUT2D eigenvalue weighted by molar-refractivity contribution is 5.83. The van der Waals surface area contributed by atoms with Gasteiger partial charge in [-0.2, -0.15) is 0 Å². The summed E-state index contributed by atoms with van der Waals surface area (Å²) in [4.78, 5) is 14.5. The average Bonchev–Trinajstić information content (AvgIpc) is 3.00. The van der Waals surface area contributed by atoms with Crippen LogP contribution in [0.15, 0.2) is 30.3 Å². The molecule has 2 saturated heterocycles. The number of ether oxygens (including phenoxy) is 1. The minimum Gasteiger partial charge on any atom is -0.464 e. The van der Waals surface area contributed by atoms with E-state index in [-0.39, 0.29) is 18.6 Å². The number of carbonyl (C=O) groups is 1. The molecule has 2 aliphatic rings. The summed E-state index contributed by atoms with van der Waals surface area (Å²) in [6.45, 7) is 1.44. The van der Waals surface area contributed by atoms with E-state index < -0.39 is 5.54 Å². The van der Waals surface area contributed by atoms with Crippen molar-refractivity contribution in [3.8, 4) is 0 Å². The van der Waals surface area contributed by atoms with Gasteiger partial charge >= 0.3 is 5.97 Å². The predicted octanol–water partition coefficient (Wildman–Crippen LogP) is 1.72. The number of likely N-dealkylation sites (tertiary alicyclic amines) is 1. The van der Waals surface area contributed by atoms with Gasteiger partial charge < -0.3 is 9.84 Å². The van der Waals surface area contributed by atoms with Crippen molar-refractivity contribution in [2.24, 2.45) is 0 Å². The molecular formula is C16H21NO3. The molecule has 1 aromatic carbocycles. The molecule has 0 bridgehead atoms. The van der Waals surface area contributed by atoms with Gasteiger partial charge in [-0.15, -0.1) is 0 Å². The van der Waals surface area contributed by atoms with E-state index in [1.165, 1.54) is 5.56 Å². The molecule has 2 atom stereocenters. The number of nitrogens with zero attached hydrogens (tertiary/aromatic N) is 1. The zero-order valence-electron chi connectivity index (χ0n) is 11.6. The van der Waals surface area contributed by atoms with Crippen LogP contribution in [-0.2, 0) is 16.1 Å². The maximum atomic E-state index is 12.2. The molecular weight excluding hydrogens is 254 g/mol. The predicted molar refractivity (Wildman–Crippen MR) is 75.0 cm³/mol. The van der Waals surface area contributed by atoms with E-state index in [4.69, 9.17) is 4.74 Å². The van der Waals surface area contributed by atoms with Crippen LogP contribution in [0.5, 0.6) is 0 Å². The van der Waals surface area contributed by atoms with Crippen LogP contribution in [-0.4, -0.2) is 40.8 Å². The fourth-order valence-corrected chi connectivity index (χ4v) is 3.60. The summed E-state index contributed by atoms with van der Waals surface area (Å²) >= 11 is 0. The number of carbonyl (C=O) groups excluding carboxylic acids is 1. The van der Waals surface area contributed by atoms with Crippen LogP contribution in [0.3, 0.4) is 0 Å². The molecule has 2 aliphatic heterocycles. The lowest BCUT2D eigenvalue weighted by Gasteiger charge is -2.35. The molecule has 108 valence electrons. The number of esters is 1. The Morgan fingerprint density at radius 1 is 1.30 bits per heavy atom. The highest BCUT2D eigenvalue weighted by Crippen LogP contribution is 2.42. The van der Waals surface area contributed by atoms with Crippen molar-refractivity contribution in [2.45, 2.75) is 43.8 Å². The van der Waals surface area contributed by atoms with Crippen LogP contribution in [0.2, 0.25) is 0 Å². The Bertz CT molecular complexity index is 476. The maximum absolute atomic E-state index is 12.2. The molecule has 1 spiro atoms. The molecule has 0 amide bonds. The minimum atomic E-state index is -0.449. The Labute approximate surface area is 119 Å². The smallest absolute Gasteiger partial charge is 0.326 e. The fourth-order valence-electron chi connectivity index (χ4n) is 3.60. The van der Waals surface area contributed by atoms with Crippen LogP contribution in [0, 0.1) is 0 Å². The van der Waals surface area contributed by atoms with Gasteiger partial charge in [0.05, 0.1) is 6.61 Å². The third-order valence-electron chi connectivity index (χ3n) is 4.67. The Balaban J connectivity index is 1.86. The van der Waals surface area contributed by atoms with Gasteiger partial charge in [0.1, 0.15) is 5.54 Å². The van der Waals surface area contributed by atoms with Crippen molar-refractivity contribution in [3.63, 3.8) is 0 Å². The lowest BCUT2D eigenvalue weighted by atomic mass is 9.94. The van der Waals surface area contributed by atoms with Gasteiger partial charge in [-0.25, -0.2) is 0 Å². The van der Waals surface area contributed by atoms with E-state index in [1.54, 1.807) is 0 Å². The van der Waals surface area contributed by atoms with Crippen molar-refractivity contribution in [2.75, 3.05) is 13.2 Å². The maximum Gasteiger partial charge on any atom is 0.326 e. The van der Waals surface area contributed by atoms with Crippen LogP contribution in [0.25, 0.3) is 0 Å². The first-order chi connectivity index (χ1) is 9.76. The van der Waals surface area contributed by atoms with E-state index in [0.29, 0.717) is 6.61 Å². The summed E-state index contributed by atoms with van der Waals surface area (Å²) in [6.07, 6.45) is 3.31. The van der Waals surface area contributed by atoms with Gasteiger partial charge in [-0.3, -0.25) is 9.69 Å². The largest absolute Gasteiger partial charge is 0.464 e. The number of hydrogen-bond acceptors (Lipinski definition) is 4. The second-order valence-corrected chi connectivity index (χ2v) is 5.74. The quantitative estimate of drug-likeness (QED) is 0.850. The zero-order valence-corrected chi connectivity index (χ0v) is 11.6. The minimum absolute atomic E-state index is 0.0751. The number of hydrogen-bond donors (Lipinski definition) is 1. The van der Waals surface area contributed by atoms with E-state index in [0.717, 1.165) is 32.2 Å². The van der Waals surface area contributed by atoms with E-state index in [2.05, 4.69) is 17.0 Å². The topological polar surface area (TPSA) is 49.8 Å². The molecule has 1 unspecified atom stereocenters. The Hall–Kier alpha value is -1.39. The van der Waals surface area contributed by atoms with Gasteiger partial charge in [0.15, 0.2) is 0 Å².